The number of likely N-dealkylation sites (N-methyl/N-ethyl adjacent to an activating group) is 1. The van der Waals surface area contributed by atoms with Gasteiger partial charge in [0.1, 0.15) is 6.04 Å². The Morgan fingerprint density at radius 2 is 1.88 bits per heavy atom. The van der Waals surface area contributed by atoms with Crippen LogP contribution in [0, 0.1) is 0 Å². The molecule has 0 saturated carbocycles. The Morgan fingerprint density at radius 3 is 2.35 bits per heavy atom. The van der Waals surface area contributed by atoms with Crippen molar-refractivity contribution < 1.29 is 14.3 Å². The average Bonchev–Trinajstić information content (AvgIpc) is 2.28. The van der Waals surface area contributed by atoms with Gasteiger partial charge in [0.25, 0.3) is 0 Å². The van der Waals surface area contributed by atoms with Gasteiger partial charge in [-0.2, -0.15) is 0 Å². The van der Waals surface area contributed by atoms with Crippen LogP contribution in [0.5, 0.6) is 0 Å². The molecule has 0 aromatic carbocycles. The molecule has 1 fully saturated rings. The zero-order valence-electron chi connectivity index (χ0n) is 10.7. The van der Waals surface area contributed by atoms with E-state index < -0.39 is 11.6 Å². The first-order chi connectivity index (χ1) is 7.87. The summed E-state index contributed by atoms with van der Waals surface area (Å²) in [6.45, 7) is 2.63. The third-order valence-electron chi connectivity index (χ3n) is 3.00. The van der Waals surface area contributed by atoms with E-state index in [1.807, 2.05) is 0 Å². The maximum absolute atomic E-state index is 12.0. The monoisotopic (exact) mass is 243 g/mol. The van der Waals surface area contributed by atoms with Crippen molar-refractivity contribution in [2.45, 2.75) is 31.3 Å². The van der Waals surface area contributed by atoms with Gasteiger partial charge in [0, 0.05) is 27.3 Å². The molecule has 1 atom stereocenters. The molecule has 0 spiro atoms. The first kappa shape index (κ1) is 13.9. The van der Waals surface area contributed by atoms with Gasteiger partial charge in [-0.15, -0.1) is 0 Å². The zero-order valence-corrected chi connectivity index (χ0v) is 10.7. The summed E-state index contributed by atoms with van der Waals surface area (Å²) in [6.07, 6.45) is 0.976. The Bertz CT molecular complexity index is 298. The summed E-state index contributed by atoms with van der Waals surface area (Å²) in [4.78, 5) is 25.0. The highest BCUT2D eigenvalue weighted by molar-refractivity contribution is 5.91. The van der Waals surface area contributed by atoms with Gasteiger partial charge < -0.3 is 20.7 Å². The lowest BCUT2D eigenvalue weighted by atomic mass is 9.90. The van der Waals surface area contributed by atoms with Crippen molar-refractivity contribution in [2.24, 2.45) is 5.73 Å². The molecule has 1 saturated heterocycles. The van der Waals surface area contributed by atoms with Crippen LogP contribution in [0.2, 0.25) is 0 Å². The highest BCUT2D eigenvalue weighted by Crippen LogP contribution is 2.17. The number of hydrogen-bond acceptors (Lipinski definition) is 4. The van der Waals surface area contributed by atoms with Gasteiger partial charge in [0.05, 0.1) is 5.54 Å². The Balaban J connectivity index is 2.56. The first-order valence-electron chi connectivity index (χ1n) is 5.75. The number of rotatable bonds is 3. The summed E-state index contributed by atoms with van der Waals surface area (Å²) in [5.74, 6) is -0.419. The molecule has 6 heteroatoms. The van der Waals surface area contributed by atoms with Gasteiger partial charge in [0.2, 0.25) is 11.8 Å². The number of nitrogens with two attached hydrogens (primary N) is 1. The number of carbonyl (C=O) groups excluding carboxylic acids is 2. The Kier molecular flexibility index (Phi) is 4.47. The van der Waals surface area contributed by atoms with Crippen LogP contribution < -0.4 is 11.1 Å². The van der Waals surface area contributed by atoms with E-state index in [0.29, 0.717) is 26.1 Å². The second-order valence-corrected chi connectivity index (χ2v) is 4.70. The predicted octanol–water partition coefficient (Wildman–Crippen LogP) is -0.913. The normalized spacial score (nSPS) is 20.5. The van der Waals surface area contributed by atoms with Gasteiger partial charge in [-0.1, -0.05) is 0 Å². The van der Waals surface area contributed by atoms with Crippen LogP contribution in [0.1, 0.15) is 19.8 Å². The molecular weight excluding hydrogens is 222 g/mol. The minimum absolute atomic E-state index is 0.144. The van der Waals surface area contributed by atoms with Crippen molar-refractivity contribution >= 4 is 11.8 Å². The SMILES string of the molecule is CC(NC(=O)C1(N)CCOCC1)C(=O)N(C)C. The van der Waals surface area contributed by atoms with E-state index in [1.54, 1.807) is 21.0 Å². The largest absolute Gasteiger partial charge is 0.381 e. The molecule has 17 heavy (non-hydrogen) atoms. The number of nitrogens with zero attached hydrogens (tertiary/aromatic N) is 1. The average molecular weight is 243 g/mol. The Hall–Kier alpha value is -1.14. The fourth-order valence-corrected chi connectivity index (χ4v) is 1.75. The molecule has 1 unspecified atom stereocenters. The molecule has 2 amide bonds. The molecular formula is C11H21N3O3. The summed E-state index contributed by atoms with van der Waals surface area (Å²) in [5, 5.41) is 2.66. The summed E-state index contributed by atoms with van der Waals surface area (Å²) in [6, 6.07) is -0.555. The van der Waals surface area contributed by atoms with E-state index in [2.05, 4.69) is 5.32 Å². The van der Waals surface area contributed by atoms with E-state index in [-0.39, 0.29) is 11.8 Å². The molecule has 0 aromatic rings. The number of hydrogen-bond donors (Lipinski definition) is 2. The third kappa shape index (κ3) is 3.41. The molecule has 1 heterocycles. The fourth-order valence-electron chi connectivity index (χ4n) is 1.75. The van der Waals surface area contributed by atoms with Crippen molar-refractivity contribution in [1.82, 2.24) is 10.2 Å². The standard InChI is InChI=1S/C11H21N3O3/c1-8(9(15)14(2)3)13-10(16)11(12)4-6-17-7-5-11/h8H,4-7,12H2,1-3H3,(H,13,16). The lowest BCUT2D eigenvalue weighted by molar-refractivity contribution is -0.137. The number of ether oxygens (including phenoxy) is 1. The molecule has 0 aromatic heterocycles. The highest BCUT2D eigenvalue weighted by Gasteiger charge is 2.37. The Labute approximate surface area is 101 Å². The van der Waals surface area contributed by atoms with Crippen LogP contribution in [-0.2, 0) is 14.3 Å². The van der Waals surface area contributed by atoms with Crippen LogP contribution in [0.25, 0.3) is 0 Å². The van der Waals surface area contributed by atoms with Gasteiger partial charge in [-0.3, -0.25) is 9.59 Å². The van der Waals surface area contributed by atoms with Crippen LogP contribution in [0.3, 0.4) is 0 Å². The topological polar surface area (TPSA) is 84.7 Å². The lowest BCUT2D eigenvalue weighted by Gasteiger charge is -2.33. The minimum Gasteiger partial charge on any atom is -0.381 e. The molecule has 98 valence electrons. The van der Waals surface area contributed by atoms with Gasteiger partial charge >= 0.3 is 0 Å². The second-order valence-electron chi connectivity index (χ2n) is 4.70. The maximum Gasteiger partial charge on any atom is 0.244 e. The second kappa shape index (κ2) is 5.46. The van der Waals surface area contributed by atoms with Crippen molar-refractivity contribution in [3.05, 3.63) is 0 Å². The number of carbonyl (C=O) groups is 2. The zero-order chi connectivity index (χ0) is 13.1. The van der Waals surface area contributed by atoms with Crippen molar-refractivity contribution in [3.63, 3.8) is 0 Å². The molecule has 1 rings (SSSR count). The molecule has 3 N–H and O–H groups in total. The smallest absolute Gasteiger partial charge is 0.244 e. The van der Waals surface area contributed by atoms with Gasteiger partial charge in [0.15, 0.2) is 0 Å². The summed E-state index contributed by atoms with van der Waals surface area (Å²) >= 11 is 0. The molecule has 1 aliphatic heterocycles. The minimum atomic E-state index is -0.904. The van der Waals surface area contributed by atoms with Crippen LogP contribution in [-0.4, -0.2) is 55.6 Å². The van der Waals surface area contributed by atoms with Crippen LogP contribution in [0.15, 0.2) is 0 Å². The van der Waals surface area contributed by atoms with Crippen molar-refractivity contribution in [3.8, 4) is 0 Å². The Morgan fingerprint density at radius 1 is 1.35 bits per heavy atom. The van der Waals surface area contributed by atoms with Crippen molar-refractivity contribution in [1.29, 1.82) is 0 Å². The quantitative estimate of drug-likeness (QED) is 0.672. The molecule has 0 aliphatic carbocycles. The fraction of sp³-hybridized carbons (Fsp3) is 0.818. The van der Waals surface area contributed by atoms with Crippen molar-refractivity contribution in [2.75, 3.05) is 27.3 Å². The number of nitrogens with one attached hydrogen (secondary N) is 1. The van der Waals surface area contributed by atoms with E-state index in [0.717, 1.165) is 0 Å². The maximum atomic E-state index is 12.0. The highest BCUT2D eigenvalue weighted by atomic mass is 16.5. The third-order valence-corrected chi connectivity index (χ3v) is 3.00. The van der Waals surface area contributed by atoms with Gasteiger partial charge in [-0.25, -0.2) is 0 Å². The van der Waals surface area contributed by atoms with Gasteiger partial charge in [-0.05, 0) is 19.8 Å². The van der Waals surface area contributed by atoms with E-state index >= 15 is 0 Å². The van der Waals surface area contributed by atoms with Crippen LogP contribution in [0.4, 0.5) is 0 Å². The lowest BCUT2D eigenvalue weighted by Crippen LogP contribution is -2.60. The van der Waals surface area contributed by atoms with Crippen LogP contribution >= 0.6 is 0 Å². The summed E-state index contributed by atoms with van der Waals surface area (Å²) in [7, 11) is 3.30. The first-order valence-corrected chi connectivity index (χ1v) is 5.75. The van der Waals surface area contributed by atoms with E-state index in [9.17, 15) is 9.59 Å². The molecule has 0 bridgehead atoms. The molecule has 0 radical (unpaired) electrons. The molecule has 1 aliphatic rings. The van der Waals surface area contributed by atoms with E-state index in [4.69, 9.17) is 10.5 Å². The number of amides is 2. The molecule has 6 nitrogen and oxygen atoms in total. The van der Waals surface area contributed by atoms with E-state index in [1.165, 1.54) is 4.90 Å². The summed E-state index contributed by atoms with van der Waals surface area (Å²) in [5.41, 5.74) is 5.11. The predicted molar refractivity (Wildman–Crippen MR) is 63.3 cm³/mol. The summed E-state index contributed by atoms with van der Waals surface area (Å²) < 4.78 is 5.17.